The molecule has 0 radical (unpaired) electrons. The maximum Gasteiger partial charge on any atom is 0.226 e. The van der Waals surface area contributed by atoms with Gasteiger partial charge in [0.1, 0.15) is 0 Å². The van der Waals surface area contributed by atoms with Crippen molar-refractivity contribution in [2.24, 2.45) is 12.8 Å². The fourth-order valence-electron chi connectivity index (χ4n) is 1.39. The van der Waals surface area contributed by atoms with Gasteiger partial charge in [-0.2, -0.15) is 0 Å². The Hall–Kier alpha value is -2.74. The molecular formula is C16H30N6O2. The van der Waals surface area contributed by atoms with Gasteiger partial charge in [0.25, 0.3) is 0 Å². The summed E-state index contributed by atoms with van der Waals surface area (Å²) < 4.78 is 1.58. The zero-order chi connectivity index (χ0) is 19.1. The summed E-state index contributed by atoms with van der Waals surface area (Å²) in [6, 6.07) is 4.76. The molecule has 0 saturated heterocycles. The van der Waals surface area contributed by atoms with Crippen LogP contribution in [0.3, 0.4) is 0 Å². The van der Waals surface area contributed by atoms with Gasteiger partial charge in [-0.3, -0.25) is 4.57 Å². The second-order valence-corrected chi connectivity index (χ2v) is 3.99. The van der Waals surface area contributed by atoms with Crippen LogP contribution >= 0.6 is 0 Å². The van der Waals surface area contributed by atoms with Crippen LogP contribution in [0.25, 0.3) is 0 Å². The first-order chi connectivity index (χ1) is 11.5. The Labute approximate surface area is 143 Å². The van der Waals surface area contributed by atoms with Crippen molar-refractivity contribution in [3.8, 4) is 11.5 Å². The van der Waals surface area contributed by atoms with Crippen molar-refractivity contribution >= 4 is 11.9 Å². The van der Waals surface area contributed by atoms with Crippen LogP contribution in [-0.2, 0) is 13.6 Å². The van der Waals surface area contributed by atoms with Crippen LogP contribution in [0, 0.1) is 0 Å². The number of hydrogen-bond donors (Lipinski definition) is 5. The molecule has 136 valence electrons. The summed E-state index contributed by atoms with van der Waals surface area (Å²) in [5.74, 6) is 0.495. The molecule has 0 spiro atoms. The van der Waals surface area contributed by atoms with Crippen molar-refractivity contribution in [2.45, 2.75) is 27.3 Å². The van der Waals surface area contributed by atoms with E-state index in [0.29, 0.717) is 24.0 Å². The molecule has 0 amide bonds. The van der Waals surface area contributed by atoms with E-state index in [2.05, 4.69) is 27.8 Å². The minimum atomic E-state index is -0.151. The normalized spacial score (nSPS) is 8.42. The highest BCUT2D eigenvalue weighted by molar-refractivity contribution is 5.46. The average Bonchev–Trinajstić information content (AvgIpc) is 2.92. The number of nitrogens with two attached hydrogens (primary N) is 2. The lowest BCUT2D eigenvalue weighted by atomic mass is 10.2. The molecule has 2 aromatic rings. The van der Waals surface area contributed by atoms with E-state index in [4.69, 9.17) is 5.73 Å². The van der Waals surface area contributed by atoms with E-state index in [-0.39, 0.29) is 11.5 Å². The van der Waals surface area contributed by atoms with Crippen LogP contribution in [-0.4, -0.2) is 32.0 Å². The van der Waals surface area contributed by atoms with Gasteiger partial charge < -0.3 is 27.0 Å². The Kier molecular flexibility index (Phi) is 13.6. The zero-order valence-electron chi connectivity index (χ0n) is 15.1. The SMILES string of the molecule is C=CC.CC.CN.Cn1c(N)nnc1NCc1cccc(O)c1O. The molecule has 0 atom stereocenters. The highest BCUT2D eigenvalue weighted by Crippen LogP contribution is 2.28. The predicted molar refractivity (Wildman–Crippen MR) is 99.8 cm³/mol. The van der Waals surface area contributed by atoms with Crippen LogP contribution in [0.15, 0.2) is 30.9 Å². The average molecular weight is 338 g/mol. The lowest BCUT2D eigenvalue weighted by molar-refractivity contribution is 0.400. The van der Waals surface area contributed by atoms with Crippen molar-refractivity contribution < 1.29 is 10.2 Å². The number of rotatable bonds is 3. The van der Waals surface area contributed by atoms with E-state index in [9.17, 15) is 10.2 Å². The second kappa shape index (κ2) is 13.9. The number of aromatic nitrogens is 3. The highest BCUT2D eigenvalue weighted by Gasteiger charge is 2.08. The lowest BCUT2D eigenvalue weighted by Gasteiger charge is -2.08. The fraction of sp³-hybridized carbons (Fsp3) is 0.375. The van der Waals surface area contributed by atoms with E-state index in [1.54, 1.807) is 29.8 Å². The van der Waals surface area contributed by atoms with Crippen molar-refractivity contribution in [2.75, 3.05) is 18.1 Å². The first-order valence-corrected chi connectivity index (χ1v) is 7.54. The van der Waals surface area contributed by atoms with E-state index in [1.165, 1.54) is 13.1 Å². The Bertz CT molecular complexity index is 584. The van der Waals surface area contributed by atoms with Gasteiger partial charge in [-0.1, -0.05) is 32.1 Å². The molecule has 8 heteroatoms. The summed E-state index contributed by atoms with van der Waals surface area (Å²) in [5, 5.41) is 29.4. The molecule has 0 aliphatic heterocycles. The standard InChI is InChI=1S/C10H13N5O2.C3H6.C2H6.CH5N/c1-15-9(11)13-14-10(15)12-5-6-3-2-4-7(16)8(6)17;1-3-2;2*1-2/h2-4,16-17H,5H2,1H3,(H2,11,13)(H,12,14);3H,1H2,2H3;1-2H3;2H2,1H3. The van der Waals surface area contributed by atoms with Gasteiger partial charge in [-0.25, -0.2) is 0 Å². The van der Waals surface area contributed by atoms with Crippen molar-refractivity contribution in [3.05, 3.63) is 36.4 Å². The minimum absolute atomic E-state index is 0.143. The monoisotopic (exact) mass is 338 g/mol. The maximum atomic E-state index is 9.59. The Morgan fingerprint density at radius 2 is 1.79 bits per heavy atom. The van der Waals surface area contributed by atoms with E-state index < -0.39 is 0 Å². The topological polar surface area (TPSA) is 135 Å². The Morgan fingerprint density at radius 3 is 2.25 bits per heavy atom. The van der Waals surface area contributed by atoms with Crippen LogP contribution < -0.4 is 16.8 Å². The quantitative estimate of drug-likeness (QED) is 0.427. The number of nitrogens with one attached hydrogen (secondary N) is 1. The summed E-state index contributed by atoms with van der Waals surface area (Å²) in [6.45, 7) is 9.56. The molecule has 24 heavy (non-hydrogen) atoms. The van der Waals surface area contributed by atoms with Crippen molar-refractivity contribution in [1.29, 1.82) is 0 Å². The second-order valence-electron chi connectivity index (χ2n) is 3.99. The predicted octanol–water partition coefficient (Wildman–Crippen LogP) is 2.21. The smallest absolute Gasteiger partial charge is 0.226 e. The number of nitrogen functional groups attached to an aromatic ring is 1. The fourth-order valence-corrected chi connectivity index (χ4v) is 1.39. The molecule has 0 unspecified atom stereocenters. The molecule has 1 aromatic heterocycles. The van der Waals surface area contributed by atoms with E-state index in [0.717, 1.165) is 0 Å². The number of benzene rings is 1. The zero-order valence-corrected chi connectivity index (χ0v) is 15.1. The van der Waals surface area contributed by atoms with Gasteiger partial charge in [-0.15, -0.1) is 16.8 Å². The summed E-state index contributed by atoms with van der Waals surface area (Å²) >= 11 is 0. The number of hydrogen-bond acceptors (Lipinski definition) is 7. The van der Waals surface area contributed by atoms with Crippen LogP contribution in [0.1, 0.15) is 26.3 Å². The maximum absolute atomic E-state index is 9.59. The summed E-state index contributed by atoms with van der Waals surface area (Å²) in [6.07, 6.45) is 1.75. The molecule has 7 N–H and O–H groups in total. The van der Waals surface area contributed by atoms with Gasteiger partial charge in [0, 0.05) is 19.2 Å². The van der Waals surface area contributed by atoms with Crippen molar-refractivity contribution in [1.82, 2.24) is 14.8 Å². The van der Waals surface area contributed by atoms with Gasteiger partial charge in [0.05, 0.1) is 0 Å². The van der Waals surface area contributed by atoms with Crippen LogP contribution in [0.4, 0.5) is 11.9 Å². The third-order valence-corrected chi connectivity index (χ3v) is 2.44. The Morgan fingerprint density at radius 1 is 1.25 bits per heavy atom. The van der Waals surface area contributed by atoms with E-state index in [1.807, 2.05) is 20.8 Å². The van der Waals surface area contributed by atoms with E-state index >= 15 is 0 Å². The first kappa shape index (κ1) is 23.5. The van der Waals surface area contributed by atoms with Gasteiger partial charge in [0.2, 0.25) is 11.9 Å². The number of para-hydroxylation sites is 1. The first-order valence-electron chi connectivity index (χ1n) is 7.54. The highest BCUT2D eigenvalue weighted by atomic mass is 16.3. The molecule has 0 aliphatic rings. The number of phenols is 2. The number of anilines is 2. The molecule has 1 heterocycles. The lowest BCUT2D eigenvalue weighted by Crippen LogP contribution is -2.06. The van der Waals surface area contributed by atoms with Crippen LogP contribution in [0.5, 0.6) is 11.5 Å². The molecule has 2 rings (SSSR count). The molecule has 0 bridgehead atoms. The molecule has 0 saturated carbocycles. The molecule has 8 nitrogen and oxygen atoms in total. The number of aromatic hydroxyl groups is 2. The summed E-state index contributed by atoms with van der Waals surface area (Å²) in [7, 11) is 3.22. The molecule has 1 aromatic carbocycles. The third-order valence-electron chi connectivity index (χ3n) is 2.44. The Balaban J connectivity index is 0. The van der Waals surface area contributed by atoms with Gasteiger partial charge >= 0.3 is 0 Å². The molecule has 0 fully saturated rings. The number of nitrogens with zero attached hydrogens (tertiary/aromatic N) is 3. The summed E-state index contributed by atoms with van der Waals surface area (Å²) in [5.41, 5.74) is 10.6. The number of allylic oxidation sites excluding steroid dienone is 1. The van der Waals surface area contributed by atoms with Gasteiger partial charge in [0.15, 0.2) is 11.5 Å². The third kappa shape index (κ3) is 7.50. The number of phenolic OH excluding ortho intramolecular Hbond substituents is 2. The van der Waals surface area contributed by atoms with Crippen molar-refractivity contribution in [3.63, 3.8) is 0 Å². The minimum Gasteiger partial charge on any atom is -0.504 e. The summed E-state index contributed by atoms with van der Waals surface area (Å²) in [4.78, 5) is 0. The van der Waals surface area contributed by atoms with Crippen LogP contribution in [0.2, 0.25) is 0 Å². The molecular weight excluding hydrogens is 308 g/mol. The van der Waals surface area contributed by atoms with Gasteiger partial charge in [-0.05, 0) is 20.0 Å². The largest absolute Gasteiger partial charge is 0.504 e. The molecule has 0 aliphatic carbocycles.